The summed E-state index contributed by atoms with van der Waals surface area (Å²) < 4.78 is 33.5. The van der Waals surface area contributed by atoms with Gasteiger partial charge in [-0.25, -0.2) is 4.39 Å². The number of ether oxygens (including phenoxy) is 1. The Morgan fingerprint density at radius 1 is 1.17 bits per heavy atom. The fourth-order valence-corrected chi connectivity index (χ4v) is 3.27. The first kappa shape index (κ1) is 18.0. The molecule has 128 valence electrons. The largest absolute Gasteiger partial charge is 0.490 e. The van der Waals surface area contributed by atoms with Crippen LogP contribution in [0.4, 0.5) is 8.78 Å². The molecule has 1 nitrogen and oxygen atoms in total. The molecule has 0 unspecified atom stereocenters. The van der Waals surface area contributed by atoms with E-state index in [0.717, 1.165) is 19.3 Å². The maximum atomic E-state index is 14.2. The number of halogens is 2. The van der Waals surface area contributed by atoms with Gasteiger partial charge in [0.1, 0.15) is 0 Å². The summed E-state index contributed by atoms with van der Waals surface area (Å²) in [6, 6.07) is 3.24. The summed E-state index contributed by atoms with van der Waals surface area (Å²) in [5.41, 5.74) is 0.469. The van der Waals surface area contributed by atoms with Crippen molar-refractivity contribution in [2.75, 3.05) is 6.61 Å². The Balaban J connectivity index is 1.88. The van der Waals surface area contributed by atoms with E-state index in [-0.39, 0.29) is 5.75 Å². The van der Waals surface area contributed by atoms with E-state index in [1.54, 1.807) is 12.1 Å². The van der Waals surface area contributed by atoms with Crippen molar-refractivity contribution in [2.45, 2.75) is 58.3 Å². The van der Waals surface area contributed by atoms with E-state index in [2.05, 4.69) is 6.58 Å². The lowest BCUT2D eigenvalue weighted by Crippen LogP contribution is -2.14. The molecule has 0 radical (unpaired) electrons. The van der Waals surface area contributed by atoms with E-state index in [4.69, 9.17) is 4.74 Å². The molecule has 0 N–H and O–H groups in total. The Morgan fingerprint density at radius 3 is 2.57 bits per heavy atom. The van der Waals surface area contributed by atoms with Gasteiger partial charge in [0.25, 0.3) is 0 Å². The standard InChI is InChI=1S/C20H28F2O/c1-3-5-14-23-18-13-12-17(19(21)20(18)22)11-10-16-8-6-15(4-2)7-9-16/h4,12-13,15-16H,2-3,5-11,14H2,1H3. The molecule has 3 heteroatoms. The Hall–Kier alpha value is -1.38. The average molecular weight is 322 g/mol. The Morgan fingerprint density at radius 2 is 1.91 bits per heavy atom. The van der Waals surface area contributed by atoms with Gasteiger partial charge in [-0.05, 0) is 68.4 Å². The van der Waals surface area contributed by atoms with Gasteiger partial charge in [-0.2, -0.15) is 4.39 Å². The first-order valence-electron chi connectivity index (χ1n) is 8.87. The number of allylic oxidation sites excluding steroid dienone is 1. The van der Waals surface area contributed by atoms with Crippen LogP contribution in [0.1, 0.15) is 57.4 Å². The highest BCUT2D eigenvalue weighted by Gasteiger charge is 2.20. The topological polar surface area (TPSA) is 9.23 Å². The molecule has 23 heavy (non-hydrogen) atoms. The van der Waals surface area contributed by atoms with Crippen molar-refractivity contribution >= 4 is 0 Å². The number of hydrogen-bond acceptors (Lipinski definition) is 1. The van der Waals surface area contributed by atoms with Crippen LogP contribution >= 0.6 is 0 Å². The molecule has 0 heterocycles. The van der Waals surface area contributed by atoms with Crippen molar-refractivity contribution in [1.29, 1.82) is 0 Å². The molecule has 0 bridgehead atoms. The lowest BCUT2D eigenvalue weighted by Gasteiger charge is -2.26. The van der Waals surface area contributed by atoms with Crippen LogP contribution in [0, 0.1) is 23.5 Å². The summed E-state index contributed by atoms with van der Waals surface area (Å²) >= 11 is 0. The van der Waals surface area contributed by atoms with Crippen molar-refractivity contribution < 1.29 is 13.5 Å². The van der Waals surface area contributed by atoms with Crippen LogP contribution in [-0.4, -0.2) is 6.61 Å². The molecule has 1 aliphatic carbocycles. The Bertz CT molecular complexity index is 505. The van der Waals surface area contributed by atoms with Crippen LogP contribution < -0.4 is 4.74 Å². The predicted octanol–water partition coefficient (Wildman–Crippen LogP) is 6.07. The second-order valence-electron chi connectivity index (χ2n) is 6.61. The van der Waals surface area contributed by atoms with Crippen LogP contribution in [0.2, 0.25) is 0 Å². The number of hydrogen-bond donors (Lipinski definition) is 0. The number of benzene rings is 1. The molecule has 0 spiro atoms. The molecule has 0 aliphatic heterocycles. The van der Waals surface area contributed by atoms with E-state index < -0.39 is 11.6 Å². The van der Waals surface area contributed by atoms with E-state index in [0.29, 0.717) is 30.4 Å². The van der Waals surface area contributed by atoms with Crippen LogP contribution in [0.25, 0.3) is 0 Å². The lowest BCUT2D eigenvalue weighted by molar-refractivity contribution is 0.285. The second kappa shape index (κ2) is 9.05. The van der Waals surface area contributed by atoms with Gasteiger partial charge in [0, 0.05) is 0 Å². The van der Waals surface area contributed by atoms with E-state index in [1.807, 2.05) is 13.0 Å². The van der Waals surface area contributed by atoms with Crippen molar-refractivity contribution in [2.24, 2.45) is 11.8 Å². The summed E-state index contributed by atoms with van der Waals surface area (Å²) in [4.78, 5) is 0. The van der Waals surface area contributed by atoms with Gasteiger partial charge in [-0.15, -0.1) is 6.58 Å². The quantitative estimate of drug-likeness (QED) is 0.417. The maximum absolute atomic E-state index is 14.2. The minimum absolute atomic E-state index is 0.0335. The Kier molecular flexibility index (Phi) is 7.07. The lowest BCUT2D eigenvalue weighted by atomic mass is 9.79. The molecule has 1 aliphatic rings. The average Bonchev–Trinajstić information content (AvgIpc) is 2.58. The fraction of sp³-hybridized carbons (Fsp3) is 0.600. The smallest absolute Gasteiger partial charge is 0.200 e. The molecule has 0 aromatic heterocycles. The molecular weight excluding hydrogens is 294 g/mol. The van der Waals surface area contributed by atoms with E-state index in [1.165, 1.54) is 25.7 Å². The van der Waals surface area contributed by atoms with Crippen LogP contribution in [0.5, 0.6) is 5.75 Å². The zero-order valence-electron chi connectivity index (χ0n) is 14.1. The van der Waals surface area contributed by atoms with Gasteiger partial charge >= 0.3 is 0 Å². The highest BCUT2D eigenvalue weighted by atomic mass is 19.2. The van der Waals surface area contributed by atoms with Crippen molar-refractivity contribution in [1.82, 2.24) is 0 Å². The highest BCUT2D eigenvalue weighted by molar-refractivity contribution is 5.31. The molecule has 0 atom stereocenters. The van der Waals surface area contributed by atoms with Crippen LogP contribution in [0.3, 0.4) is 0 Å². The molecule has 1 aromatic rings. The summed E-state index contributed by atoms with van der Waals surface area (Å²) in [6.07, 6.45) is 10.1. The van der Waals surface area contributed by atoms with Gasteiger partial charge in [0.2, 0.25) is 5.82 Å². The number of aryl methyl sites for hydroxylation is 1. The van der Waals surface area contributed by atoms with Crippen LogP contribution in [0.15, 0.2) is 24.8 Å². The number of rotatable bonds is 8. The predicted molar refractivity (Wildman–Crippen MR) is 90.7 cm³/mol. The normalized spacial score (nSPS) is 21.2. The second-order valence-corrected chi connectivity index (χ2v) is 6.61. The third kappa shape index (κ3) is 5.05. The first-order chi connectivity index (χ1) is 11.2. The van der Waals surface area contributed by atoms with E-state index >= 15 is 0 Å². The summed E-state index contributed by atoms with van der Waals surface area (Å²) in [7, 11) is 0. The van der Waals surface area contributed by atoms with Crippen LogP contribution in [-0.2, 0) is 6.42 Å². The van der Waals surface area contributed by atoms with Gasteiger partial charge in [-0.3, -0.25) is 0 Å². The molecule has 1 fully saturated rings. The molecular formula is C20H28F2O. The Labute approximate surface area is 138 Å². The zero-order chi connectivity index (χ0) is 16.7. The first-order valence-corrected chi connectivity index (χ1v) is 8.87. The van der Waals surface area contributed by atoms with Gasteiger partial charge in [0.05, 0.1) is 6.61 Å². The minimum atomic E-state index is -0.839. The van der Waals surface area contributed by atoms with E-state index in [9.17, 15) is 8.78 Å². The summed E-state index contributed by atoms with van der Waals surface area (Å²) in [5.74, 6) is -0.284. The summed E-state index contributed by atoms with van der Waals surface area (Å²) in [5, 5.41) is 0. The fourth-order valence-electron chi connectivity index (χ4n) is 3.27. The van der Waals surface area contributed by atoms with Gasteiger partial charge < -0.3 is 4.74 Å². The zero-order valence-corrected chi connectivity index (χ0v) is 14.1. The SMILES string of the molecule is C=CC1CCC(CCc2ccc(OCCCC)c(F)c2F)CC1. The third-order valence-electron chi connectivity index (χ3n) is 4.93. The van der Waals surface area contributed by atoms with Gasteiger partial charge in [-0.1, -0.05) is 25.5 Å². The van der Waals surface area contributed by atoms with Crippen molar-refractivity contribution in [3.63, 3.8) is 0 Å². The molecule has 2 rings (SSSR count). The summed E-state index contributed by atoms with van der Waals surface area (Å²) in [6.45, 7) is 6.32. The van der Waals surface area contributed by atoms with Crippen molar-refractivity contribution in [3.8, 4) is 5.75 Å². The highest BCUT2D eigenvalue weighted by Crippen LogP contribution is 2.33. The molecule has 1 saturated carbocycles. The minimum Gasteiger partial charge on any atom is -0.490 e. The molecule has 1 aromatic carbocycles. The molecule has 0 amide bonds. The molecule has 0 saturated heterocycles. The van der Waals surface area contributed by atoms with Gasteiger partial charge in [0.15, 0.2) is 11.6 Å². The third-order valence-corrected chi connectivity index (χ3v) is 4.93. The van der Waals surface area contributed by atoms with Crippen molar-refractivity contribution in [3.05, 3.63) is 42.0 Å². The maximum Gasteiger partial charge on any atom is 0.200 e. The monoisotopic (exact) mass is 322 g/mol. The number of unbranched alkanes of at least 4 members (excludes halogenated alkanes) is 1.